The Bertz CT molecular complexity index is 1270. The van der Waals surface area contributed by atoms with E-state index in [0.717, 1.165) is 10.2 Å². The van der Waals surface area contributed by atoms with Crippen LogP contribution < -0.4 is 11.0 Å². The van der Waals surface area contributed by atoms with Gasteiger partial charge in [-0.25, -0.2) is 9.37 Å². The summed E-state index contributed by atoms with van der Waals surface area (Å²) in [7, 11) is 0. The average molecular weight is 408 g/mol. The zero-order valence-corrected chi connectivity index (χ0v) is 15.9. The van der Waals surface area contributed by atoms with Crippen molar-refractivity contribution < 1.29 is 9.18 Å². The molecule has 144 valence electrons. The number of fused-ring (bicyclic) bond motifs is 1. The lowest BCUT2D eigenvalue weighted by molar-refractivity contribution is -0.116. The van der Waals surface area contributed by atoms with Crippen molar-refractivity contribution in [2.45, 2.75) is 6.42 Å². The molecule has 0 unspecified atom stereocenters. The van der Waals surface area contributed by atoms with Gasteiger partial charge in [0.1, 0.15) is 5.82 Å². The molecule has 5 nitrogen and oxygen atoms in total. The van der Waals surface area contributed by atoms with Crippen LogP contribution in [0, 0.1) is 5.82 Å². The van der Waals surface area contributed by atoms with E-state index < -0.39 is 17.3 Å². The van der Waals surface area contributed by atoms with Crippen molar-refractivity contribution in [2.24, 2.45) is 0 Å². The summed E-state index contributed by atoms with van der Waals surface area (Å²) < 4.78 is 15.4. The van der Waals surface area contributed by atoms with E-state index in [1.807, 2.05) is 0 Å². The minimum Gasteiger partial charge on any atom is -0.273 e. The zero-order valence-electron chi connectivity index (χ0n) is 15.1. The lowest BCUT2D eigenvalue weighted by atomic mass is 10.1. The van der Waals surface area contributed by atoms with Crippen molar-refractivity contribution in [1.29, 1.82) is 0 Å². The number of carbonyl (C=O) groups excluding carboxylic acids is 1. The Balaban J connectivity index is 1.79. The third-order valence-corrected chi connectivity index (χ3v) is 4.66. The monoisotopic (exact) mass is 407 g/mol. The molecule has 4 aromatic rings. The van der Waals surface area contributed by atoms with Crippen LogP contribution in [0.4, 0.5) is 4.39 Å². The summed E-state index contributed by atoms with van der Waals surface area (Å²) in [6.07, 6.45) is 0.0210. The van der Waals surface area contributed by atoms with Crippen molar-refractivity contribution in [2.75, 3.05) is 5.43 Å². The summed E-state index contributed by atoms with van der Waals surface area (Å²) in [5, 5.41) is 0.880. The van der Waals surface area contributed by atoms with Crippen molar-refractivity contribution >= 4 is 28.4 Å². The van der Waals surface area contributed by atoms with Crippen LogP contribution in [-0.4, -0.2) is 15.6 Å². The molecule has 0 aliphatic rings. The van der Waals surface area contributed by atoms with Gasteiger partial charge < -0.3 is 0 Å². The highest BCUT2D eigenvalue weighted by Crippen LogP contribution is 2.21. The molecule has 0 bridgehead atoms. The van der Waals surface area contributed by atoms with E-state index in [4.69, 9.17) is 11.6 Å². The highest BCUT2D eigenvalue weighted by Gasteiger charge is 2.17. The van der Waals surface area contributed by atoms with Gasteiger partial charge in [0.05, 0.1) is 22.9 Å². The van der Waals surface area contributed by atoms with Gasteiger partial charge in [-0.2, -0.15) is 4.68 Å². The summed E-state index contributed by atoms with van der Waals surface area (Å²) in [5.41, 5.74) is 3.33. The first kappa shape index (κ1) is 18.8. The number of para-hydroxylation sites is 1. The Hall–Kier alpha value is -3.51. The maximum atomic E-state index is 14.4. The fourth-order valence-electron chi connectivity index (χ4n) is 3.01. The topological polar surface area (TPSA) is 64.0 Å². The highest BCUT2D eigenvalue weighted by atomic mass is 35.5. The van der Waals surface area contributed by atoms with E-state index in [9.17, 15) is 14.0 Å². The molecule has 1 heterocycles. The molecule has 0 aliphatic carbocycles. The standard InChI is InChI=1S/C22H15ClFN3O2/c23-15-11-9-14(10-12-15)13-20(28)26-27-21(16-5-1-3-7-18(16)24)25-19-8-4-2-6-17(19)22(27)29/h1-12H,13H2,(H,26,28). The molecule has 0 saturated heterocycles. The molecule has 0 saturated carbocycles. The molecule has 0 aliphatic heterocycles. The van der Waals surface area contributed by atoms with Crippen LogP contribution in [0.3, 0.4) is 0 Å². The number of nitrogens with one attached hydrogen (secondary N) is 1. The number of halogens is 2. The number of aromatic nitrogens is 2. The zero-order chi connectivity index (χ0) is 20.4. The first-order valence-electron chi connectivity index (χ1n) is 8.84. The van der Waals surface area contributed by atoms with Crippen LogP contribution in [0.25, 0.3) is 22.3 Å². The molecule has 7 heteroatoms. The number of rotatable bonds is 4. The number of nitrogens with zero attached hydrogens (tertiary/aromatic N) is 2. The van der Waals surface area contributed by atoms with E-state index in [1.165, 1.54) is 12.1 Å². The second kappa shape index (κ2) is 7.85. The van der Waals surface area contributed by atoms with Crippen LogP contribution in [-0.2, 0) is 11.2 Å². The summed E-state index contributed by atoms with van der Waals surface area (Å²) in [5.74, 6) is -0.962. The summed E-state index contributed by atoms with van der Waals surface area (Å²) in [4.78, 5) is 30.1. The van der Waals surface area contributed by atoms with Gasteiger partial charge in [-0.1, -0.05) is 48.0 Å². The molecule has 0 atom stereocenters. The number of carbonyl (C=O) groups is 1. The third-order valence-electron chi connectivity index (χ3n) is 4.40. The SMILES string of the molecule is O=C(Cc1ccc(Cl)cc1)Nn1c(-c2ccccc2F)nc2ccccc2c1=O. The maximum Gasteiger partial charge on any atom is 0.280 e. The molecular weight excluding hydrogens is 393 g/mol. The first-order chi connectivity index (χ1) is 14.0. The normalized spacial score (nSPS) is 10.8. The van der Waals surface area contributed by atoms with Crippen molar-refractivity contribution in [3.8, 4) is 11.4 Å². The lowest BCUT2D eigenvalue weighted by Gasteiger charge is -2.15. The third kappa shape index (κ3) is 3.88. The molecule has 0 spiro atoms. The smallest absolute Gasteiger partial charge is 0.273 e. The van der Waals surface area contributed by atoms with E-state index in [0.29, 0.717) is 15.9 Å². The van der Waals surface area contributed by atoms with Crippen LogP contribution in [0.15, 0.2) is 77.6 Å². The van der Waals surface area contributed by atoms with Gasteiger partial charge >= 0.3 is 0 Å². The Morgan fingerprint density at radius 1 is 1.00 bits per heavy atom. The number of hydrogen-bond donors (Lipinski definition) is 1. The predicted octanol–water partition coefficient (Wildman–Crippen LogP) is 4.17. The minimum atomic E-state index is -0.546. The van der Waals surface area contributed by atoms with Crippen molar-refractivity contribution in [1.82, 2.24) is 9.66 Å². The Labute approximate surface area is 170 Å². The molecule has 1 N–H and O–H groups in total. The van der Waals surface area contributed by atoms with Crippen LogP contribution >= 0.6 is 11.6 Å². The van der Waals surface area contributed by atoms with Crippen LogP contribution in [0.5, 0.6) is 0 Å². The van der Waals surface area contributed by atoms with E-state index in [1.54, 1.807) is 60.7 Å². The van der Waals surface area contributed by atoms with Crippen LogP contribution in [0.1, 0.15) is 5.56 Å². The van der Waals surface area contributed by atoms with Crippen LogP contribution in [0.2, 0.25) is 5.02 Å². The molecule has 0 fully saturated rings. The second-order valence-corrected chi connectivity index (χ2v) is 6.85. The fourth-order valence-corrected chi connectivity index (χ4v) is 3.14. The number of amides is 1. The minimum absolute atomic E-state index is 0.0210. The van der Waals surface area contributed by atoms with Gasteiger partial charge in [-0.15, -0.1) is 0 Å². The number of hydrogen-bond acceptors (Lipinski definition) is 3. The molecule has 4 rings (SSSR count). The fraction of sp³-hybridized carbons (Fsp3) is 0.0455. The molecule has 1 aromatic heterocycles. The van der Waals surface area contributed by atoms with Crippen molar-refractivity contribution in [3.63, 3.8) is 0 Å². The quantitative estimate of drug-likeness (QED) is 0.552. The lowest BCUT2D eigenvalue weighted by Crippen LogP contribution is -2.36. The van der Waals surface area contributed by atoms with Gasteiger partial charge in [0.2, 0.25) is 5.91 Å². The van der Waals surface area contributed by atoms with Gasteiger partial charge in [-0.05, 0) is 42.0 Å². The first-order valence-corrected chi connectivity index (χ1v) is 9.22. The van der Waals surface area contributed by atoms with E-state index in [2.05, 4.69) is 10.4 Å². The van der Waals surface area contributed by atoms with Crippen molar-refractivity contribution in [3.05, 3.63) is 99.6 Å². The molecule has 0 radical (unpaired) electrons. The van der Waals surface area contributed by atoms with E-state index >= 15 is 0 Å². The van der Waals surface area contributed by atoms with Gasteiger partial charge in [-0.3, -0.25) is 15.0 Å². The Morgan fingerprint density at radius 3 is 2.45 bits per heavy atom. The summed E-state index contributed by atoms with van der Waals surface area (Å²) in [6, 6.07) is 19.5. The largest absolute Gasteiger partial charge is 0.280 e. The Morgan fingerprint density at radius 2 is 1.69 bits per heavy atom. The van der Waals surface area contributed by atoms with E-state index in [-0.39, 0.29) is 17.8 Å². The molecule has 1 amide bonds. The van der Waals surface area contributed by atoms with Gasteiger partial charge in [0.25, 0.3) is 5.56 Å². The van der Waals surface area contributed by atoms with Gasteiger partial charge in [0.15, 0.2) is 5.82 Å². The predicted molar refractivity (Wildman–Crippen MR) is 111 cm³/mol. The number of benzene rings is 3. The average Bonchev–Trinajstić information content (AvgIpc) is 2.72. The molecular formula is C22H15ClFN3O2. The molecule has 29 heavy (non-hydrogen) atoms. The maximum absolute atomic E-state index is 14.4. The second-order valence-electron chi connectivity index (χ2n) is 6.41. The summed E-state index contributed by atoms with van der Waals surface area (Å²) >= 11 is 5.87. The van der Waals surface area contributed by atoms with Gasteiger partial charge in [0, 0.05) is 5.02 Å². The highest BCUT2D eigenvalue weighted by molar-refractivity contribution is 6.30. The summed E-state index contributed by atoms with van der Waals surface area (Å²) in [6.45, 7) is 0. The molecule has 3 aromatic carbocycles. The Kier molecular flexibility index (Phi) is 5.10.